The molecule has 0 atom stereocenters. The summed E-state index contributed by atoms with van der Waals surface area (Å²) in [6.07, 6.45) is 3.54. The Bertz CT molecular complexity index is 3890. The van der Waals surface area contributed by atoms with Gasteiger partial charge < -0.3 is 14.4 Å². The van der Waals surface area contributed by atoms with Crippen molar-refractivity contribution in [3.8, 4) is 44.8 Å². The summed E-state index contributed by atoms with van der Waals surface area (Å²) < 4.78 is 127. The number of halogens is 1. The number of hydrogen-bond donors (Lipinski definition) is 0. The van der Waals surface area contributed by atoms with Crippen LogP contribution in [0, 0.1) is 46.5 Å². The molecule has 7 aromatic carbocycles. The molecule has 325 valence electrons. The quantitative estimate of drug-likeness (QED) is 0.127. The van der Waals surface area contributed by atoms with Gasteiger partial charge in [0, 0.05) is 55.7 Å². The normalized spacial score (nSPS) is 20.9. The Balaban J connectivity index is 0.000000224. The van der Waals surface area contributed by atoms with Gasteiger partial charge in [0.25, 0.3) is 0 Å². The van der Waals surface area contributed by atoms with E-state index in [0.29, 0.717) is 50.4 Å². The summed E-state index contributed by atoms with van der Waals surface area (Å²) in [6, 6.07) is 47.0. The van der Waals surface area contributed by atoms with Crippen LogP contribution < -0.4 is 0 Å². The molecule has 11 rings (SSSR count). The molecule has 5 heteroatoms. The van der Waals surface area contributed by atoms with E-state index in [0.717, 1.165) is 37.9 Å². The number of fused-ring (bicyclic) bond motifs is 6. The third kappa shape index (κ3) is 8.68. The fraction of sp³-hybridized carbons (Fsp3) is 0.200. The maximum atomic E-state index is 14.7. The number of pyridine rings is 2. The number of benzene rings is 7. The van der Waals surface area contributed by atoms with E-state index in [2.05, 4.69) is 52.4 Å². The Hall–Kier alpha value is -6.26. The fourth-order valence-electron chi connectivity index (χ4n) is 8.81. The molecule has 1 saturated carbocycles. The van der Waals surface area contributed by atoms with Crippen molar-refractivity contribution in [1.29, 1.82) is 0 Å². The Morgan fingerprint density at radius 2 is 1.40 bits per heavy atom. The molecule has 0 aliphatic heterocycles. The minimum Gasteiger partial charge on any atom is -0.501 e. The number of furan rings is 1. The minimum absolute atomic E-state index is 0. The molecular formula is C60H51FIrN2O-2. The minimum atomic E-state index is -2.63. The summed E-state index contributed by atoms with van der Waals surface area (Å²) in [5.74, 6) is -1.15. The molecule has 0 N–H and O–H groups in total. The fourth-order valence-corrected chi connectivity index (χ4v) is 8.81. The monoisotopic (exact) mass is 1040 g/mol. The third-order valence-corrected chi connectivity index (χ3v) is 12.5. The maximum absolute atomic E-state index is 14.7. The van der Waals surface area contributed by atoms with Crippen molar-refractivity contribution >= 4 is 43.5 Å². The molecule has 1 radical (unpaired) electrons. The van der Waals surface area contributed by atoms with Gasteiger partial charge in [-0.3, -0.25) is 0 Å². The van der Waals surface area contributed by atoms with Crippen molar-refractivity contribution in [3.05, 3.63) is 191 Å². The van der Waals surface area contributed by atoms with E-state index >= 15 is 0 Å². The first kappa shape index (κ1) is 30.8. The molecule has 0 bridgehead atoms. The van der Waals surface area contributed by atoms with Crippen LogP contribution in [0.4, 0.5) is 4.39 Å². The molecule has 1 fully saturated rings. The molecule has 0 unspecified atom stereocenters. The second-order valence-electron chi connectivity index (χ2n) is 16.9. The van der Waals surface area contributed by atoms with Crippen molar-refractivity contribution in [2.24, 2.45) is 0 Å². The number of nitrogens with zero attached hydrogens (tertiary/aromatic N) is 2. The van der Waals surface area contributed by atoms with Gasteiger partial charge in [-0.2, -0.15) is 0 Å². The van der Waals surface area contributed by atoms with Crippen LogP contribution in [0.5, 0.6) is 0 Å². The Morgan fingerprint density at radius 1 is 0.646 bits per heavy atom. The van der Waals surface area contributed by atoms with Crippen LogP contribution in [0.15, 0.2) is 150 Å². The number of aryl methyl sites for hydroxylation is 5. The SMILES string of the molecule is [2H]C([2H])([2H])c1cnc(-c2[c-]cc(C([2H])([2H])[2H])c(-c3ccccc3)c2)cc1C.[2H]C([2H])([2H])c1cnc(-c2[c-]ccc3c2oc2cc4c(ccc5ccccc54)cc23)cc1-c1ccc(C2([2H])CCC(C)(F)CC2)cc1C([2H])([2H])[2H].[Ir]. The van der Waals surface area contributed by atoms with Gasteiger partial charge in [0.1, 0.15) is 11.3 Å². The topological polar surface area (TPSA) is 38.9 Å². The van der Waals surface area contributed by atoms with Crippen LogP contribution in [0.1, 0.15) is 89.7 Å². The van der Waals surface area contributed by atoms with Crippen LogP contribution in [0.3, 0.4) is 0 Å². The molecule has 3 aromatic heterocycles. The first-order valence-corrected chi connectivity index (χ1v) is 21.3. The summed E-state index contributed by atoms with van der Waals surface area (Å²) in [4.78, 5) is 8.84. The number of hydrogen-bond acceptors (Lipinski definition) is 3. The first-order chi connectivity index (χ1) is 36.2. The van der Waals surface area contributed by atoms with Crippen LogP contribution in [0.2, 0.25) is 0 Å². The molecule has 1 aliphatic carbocycles. The predicted molar refractivity (Wildman–Crippen MR) is 265 cm³/mol. The Morgan fingerprint density at radius 3 is 2.20 bits per heavy atom. The molecule has 3 heterocycles. The largest absolute Gasteiger partial charge is 0.501 e. The van der Waals surface area contributed by atoms with E-state index in [1.165, 1.54) is 31.5 Å². The summed E-state index contributed by atoms with van der Waals surface area (Å²) in [5, 5.41) is 6.12. The second kappa shape index (κ2) is 18.0. The molecule has 3 nitrogen and oxygen atoms in total. The van der Waals surface area contributed by atoms with Gasteiger partial charge in [0.05, 0.1) is 5.58 Å². The van der Waals surface area contributed by atoms with Crippen molar-refractivity contribution in [2.45, 2.75) is 78.5 Å². The molecule has 65 heavy (non-hydrogen) atoms. The van der Waals surface area contributed by atoms with Crippen molar-refractivity contribution in [3.63, 3.8) is 0 Å². The van der Waals surface area contributed by atoms with Crippen LogP contribution >= 0.6 is 0 Å². The Kier molecular flexibility index (Phi) is 8.51. The summed E-state index contributed by atoms with van der Waals surface area (Å²) in [6.45, 7) is -6.46. The maximum Gasteiger partial charge on any atom is 0.121 e. The number of alkyl halides is 1. The van der Waals surface area contributed by atoms with Gasteiger partial charge in [-0.1, -0.05) is 126 Å². The standard InChI is InChI=1S/C40H33FNO.C20H18N.Ir/c1-24-19-28(26-15-17-40(3,41)18-16-26)13-14-30(24)34-21-37(42-23-25(34)2)33-10-6-9-32-36-20-29-12-11-27-7-4-5-8-31(27)35(29)22-38(36)43-39(32)33;1-14-9-10-18(20-11-15(2)16(3)13-21-20)12-19(14)17-7-5-4-6-8-17;/h4-9,11-14,19-23,26H,15-18H2,1-3H3;4-9,11-13H,1-3H3;/q2*-1;/i1D3,2D3,26D;1D3,3D3;. The summed E-state index contributed by atoms with van der Waals surface area (Å²) in [5.41, 5.74) is 5.04. The van der Waals surface area contributed by atoms with Gasteiger partial charge >= 0.3 is 0 Å². The summed E-state index contributed by atoms with van der Waals surface area (Å²) in [7, 11) is 0. The summed E-state index contributed by atoms with van der Waals surface area (Å²) >= 11 is 0. The predicted octanol–water partition coefficient (Wildman–Crippen LogP) is 16.6. The second-order valence-corrected chi connectivity index (χ2v) is 16.9. The third-order valence-electron chi connectivity index (χ3n) is 12.5. The molecular weight excluding hydrogens is 976 g/mol. The molecule has 0 spiro atoms. The van der Waals surface area contributed by atoms with Gasteiger partial charge in [0.15, 0.2) is 0 Å². The zero-order chi connectivity index (χ0) is 55.0. The van der Waals surface area contributed by atoms with Gasteiger partial charge in [-0.15, -0.1) is 47.5 Å². The van der Waals surface area contributed by atoms with E-state index < -0.39 is 39.0 Å². The number of aromatic nitrogens is 2. The van der Waals surface area contributed by atoms with E-state index in [9.17, 15) is 4.39 Å². The Labute approximate surface area is 413 Å². The van der Waals surface area contributed by atoms with Crippen LogP contribution in [0.25, 0.3) is 88.3 Å². The molecule has 0 saturated heterocycles. The van der Waals surface area contributed by atoms with Gasteiger partial charge in [0.2, 0.25) is 0 Å². The van der Waals surface area contributed by atoms with Crippen molar-refractivity contribution in [2.75, 3.05) is 0 Å². The van der Waals surface area contributed by atoms with Crippen molar-refractivity contribution in [1.82, 2.24) is 9.97 Å². The van der Waals surface area contributed by atoms with E-state index in [1.54, 1.807) is 43.3 Å². The van der Waals surface area contributed by atoms with Gasteiger partial charge in [-0.25, -0.2) is 4.39 Å². The number of rotatable bonds is 5. The van der Waals surface area contributed by atoms with E-state index in [4.69, 9.17) is 22.2 Å². The van der Waals surface area contributed by atoms with E-state index in [1.807, 2.05) is 54.6 Å². The van der Waals surface area contributed by atoms with Crippen molar-refractivity contribution < 1.29 is 46.7 Å². The average molecular weight is 1040 g/mol. The molecule has 10 aromatic rings. The molecule has 0 amide bonds. The van der Waals surface area contributed by atoms with Crippen LogP contribution in [-0.2, 0) is 20.1 Å². The van der Waals surface area contributed by atoms with Gasteiger partial charge in [-0.05, 0) is 150 Å². The smallest absolute Gasteiger partial charge is 0.121 e. The average Bonchev–Trinajstić information content (AvgIpc) is 3.95. The van der Waals surface area contributed by atoms with E-state index in [-0.39, 0.29) is 79.2 Å². The van der Waals surface area contributed by atoms with Crippen LogP contribution in [-0.4, -0.2) is 15.6 Å². The zero-order valence-electron chi connectivity index (χ0n) is 48.7. The first-order valence-electron chi connectivity index (χ1n) is 27.8. The molecule has 1 aliphatic rings. The zero-order valence-corrected chi connectivity index (χ0v) is 38.1.